The smallest absolute Gasteiger partial charge is 0.119 e. The first kappa shape index (κ1) is 10.9. The first-order valence-corrected chi connectivity index (χ1v) is 6.47. The van der Waals surface area contributed by atoms with Gasteiger partial charge >= 0.3 is 0 Å². The van der Waals surface area contributed by atoms with E-state index in [0.29, 0.717) is 5.92 Å². The number of rotatable bonds is 2. The molecule has 0 saturated heterocycles. The summed E-state index contributed by atoms with van der Waals surface area (Å²) in [5.74, 6) is 2.99. The molecule has 2 bridgehead atoms. The van der Waals surface area contributed by atoms with E-state index in [1.165, 1.54) is 30.4 Å². The van der Waals surface area contributed by atoms with Crippen LogP contribution in [-0.2, 0) is 0 Å². The Labute approximate surface area is 103 Å². The summed E-state index contributed by atoms with van der Waals surface area (Å²) in [5.41, 5.74) is 2.73. The first-order chi connectivity index (χ1) is 8.28. The second-order valence-corrected chi connectivity index (χ2v) is 5.29. The number of hydrogen-bond acceptors (Lipinski definition) is 1. The maximum atomic E-state index is 5.30. The minimum absolute atomic E-state index is 0.459. The van der Waals surface area contributed by atoms with Gasteiger partial charge in [0.15, 0.2) is 0 Å². The Morgan fingerprint density at radius 3 is 3.00 bits per heavy atom. The summed E-state index contributed by atoms with van der Waals surface area (Å²) < 4.78 is 5.30. The highest BCUT2D eigenvalue weighted by molar-refractivity contribution is 5.70. The molecule has 1 aromatic carbocycles. The van der Waals surface area contributed by atoms with Gasteiger partial charge in [0, 0.05) is 0 Å². The van der Waals surface area contributed by atoms with E-state index in [1.807, 2.05) is 6.07 Å². The van der Waals surface area contributed by atoms with Crippen LogP contribution in [0.1, 0.15) is 24.8 Å². The van der Waals surface area contributed by atoms with Crippen molar-refractivity contribution in [1.82, 2.24) is 0 Å². The van der Waals surface area contributed by atoms with E-state index in [9.17, 15) is 0 Å². The maximum absolute atomic E-state index is 5.30. The van der Waals surface area contributed by atoms with Gasteiger partial charge in [0.25, 0.3) is 0 Å². The van der Waals surface area contributed by atoms with Crippen LogP contribution < -0.4 is 4.74 Å². The average molecular weight is 227 g/mol. The Kier molecular flexibility index (Phi) is 2.70. The Morgan fingerprint density at radius 1 is 1.29 bits per heavy atom. The van der Waals surface area contributed by atoms with Crippen molar-refractivity contribution in [3.05, 3.63) is 42.8 Å². The lowest BCUT2D eigenvalue weighted by atomic mass is 9.78. The van der Waals surface area contributed by atoms with Crippen molar-refractivity contribution >= 4 is 5.57 Å². The fraction of sp³-hybridized carbons (Fsp3) is 0.438. The number of hydrogen-bond donors (Lipinski definition) is 0. The lowest BCUT2D eigenvalue weighted by Crippen LogP contribution is -2.15. The molecule has 89 valence electrons. The molecular formula is C16H19O. The van der Waals surface area contributed by atoms with Crippen molar-refractivity contribution in [2.24, 2.45) is 17.8 Å². The van der Waals surface area contributed by atoms with Crippen LogP contribution in [0.4, 0.5) is 0 Å². The van der Waals surface area contributed by atoms with Crippen LogP contribution in [0.5, 0.6) is 5.75 Å². The first-order valence-electron chi connectivity index (χ1n) is 6.47. The van der Waals surface area contributed by atoms with Crippen LogP contribution in [-0.4, -0.2) is 7.11 Å². The second kappa shape index (κ2) is 4.21. The third-order valence-electron chi connectivity index (χ3n) is 4.30. The molecule has 0 amide bonds. The van der Waals surface area contributed by atoms with E-state index in [2.05, 4.69) is 31.2 Å². The van der Waals surface area contributed by atoms with Gasteiger partial charge in [0.1, 0.15) is 5.75 Å². The number of methoxy groups -OCH3 is 1. The van der Waals surface area contributed by atoms with Gasteiger partial charge < -0.3 is 4.74 Å². The Bertz CT molecular complexity index is 447. The van der Waals surface area contributed by atoms with Crippen molar-refractivity contribution in [2.75, 3.05) is 7.11 Å². The minimum atomic E-state index is 0.459. The van der Waals surface area contributed by atoms with Crippen LogP contribution in [0.15, 0.2) is 30.3 Å². The van der Waals surface area contributed by atoms with Crippen molar-refractivity contribution < 1.29 is 4.74 Å². The number of fused-ring (bicyclic) bond motifs is 2. The SMILES string of the molecule is [CH2]C1C(c2cccc(OC)c2)=CC2CCC1C2. The molecule has 0 aromatic heterocycles. The fourth-order valence-electron chi connectivity index (χ4n) is 3.31. The normalized spacial score (nSPS) is 31.2. The highest BCUT2D eigenvalue weighted by Gasteiger charge is 2.34. The molecule has 0 N–H and O–H groups in total. The molecule has 1 saturated carbocycles. The second-order valence-electron chi connectivity index (χ2n) is 5.29. The monoisotopic (exact) mass is 227 g/mol. The predicted octanol–water partition coefficient (Wildman–Crippen LogP) is 3.96. The average Bonchev–Trinajstić information content (AvgIpc) is 2.78. The van der Waals surface area contributed by atoms with Crippen LogP contribution in [0.25, 0.3) is 5.57 Å². The summed E-state index contributed by atoms with van der Waals surface area (Å²) in [6, 6.07) is 8.38. The molecule has 3 rings (SSSR count). The van der Waals surface area contributed by atoms with Crippen molar-refractivity contribution in [3.63, 3.8) is 0 Å². The molecule has 2 aliphatic carbocycles. The summed E-state index contributed by atoms with van der Waals surface area (Å²) in [4.78, 5) is 0. The topological polar surface area (TPSA) is 9.23 Å². The highest BCUT2D eigenvalue weighted by atomic mass is 16.5. The molecule has 1 fully saturated rings. The molecular weight excluding hydrogens is 208 g/mol. The third kappa shape index (κ3) is 1.88. The molecule has 3 atom stereocenters. The molecule has 3 unspecified atom stereocenters. The number of ether oxygens (including phenoxy) is 1. The van der Waals surface area contributed by atoms with E-state index >= 15 is 0 Å². The minimum Gasteiger partial charge on any atom is -0.497 e. The maximum Gasteiger partial charge on any atom is 0.119 e. The van der Waals surface area contributed by atoms with Gasteiger partial charge in [-0.25, -0.2) is 0 Å². The number of benzene rings is 1. The summed E-state index contributed by atoms with van der Waals surface area (Å²) in [6.45, 7) is 4.38. The van der Waals surface area contributed by atoms with E-state index in [4.69, 9.17) is 4.74 Å². The van der Waals surface area contributed by atoms with E-state index in [-0.39, 0.29) is 0 Å². The number of allylic oxidation sites excluding steroid dienone is 2. The molecule has 1 nitrogen and oxygen atoms in total. The Balaban J connectivity index is 1.97. The van der Waals surface area contributed by atoms with Gasteiger partial charge in [-0.2, -0.15) is 0 Å². The largest absolute Gasteiger partial charge is 0.497 e. The summed E-state index contributed by atoms with van der Waals surface area (Å²) in [5, 5.41) is 0. The molecule has 2 aliphatic rings. The molecule has 1 heteroatoms. The van der Waals surface area contributed by atoms with Crippen LogP contribution in [0.3, 0.4) is 0 Å². The van der Waals surface area contributed by atoms with Crippen LogP contribution >= 0.6 is 0 Å². The zero-order valence-corrected chi connectivity index (χ0v) is 10.4. The lowest BCUT2D eigenvalue weighted by molar-refractivity contribution is 0.414. The molecule has 0 spiro atoms. The van der Waals surface area contributed by atoms with E-state index < -0.39 is 0 Å². The summed E-state index contributed by atoms with van der Waals surface area (Å²) in [7, 11) is 1.72. The van der Waals surface area contributed by atoms with Crippen molar-refractivity contribution in [1.29, 1.82) is 0 Å². The van der Waals surface area contributed by atoms with Gasteiger partial charge in [-0.3, -0.25) is 0 Å². The molecule has 1 radical (unpaired) electrons. The highest BCUT2D eigenvalue weighted by Crippen LogP contribution is 2.47. The zero-order chi connectivity index (χ0) is 11.8. The van der Waals surface area contributed by atoms with E-state index in [1.54, 1.807) is 7.11 Å². The van der Waals surface area contributed by atoms with Crippen molar-refractivity contribution in [2.45, 2.75) is 19.3 Å². The zero-order valence-electron chi connectivity index (χ0n) is 10.4. The third-order valence-corrected chi connectivity index (χ3v) is 4.30. The van der Waals surface area contributed by atoms with Gasteiger partial charge in [-0.05, 0) is 67.2 Å². The molecule has 0 aliphatic heterocycles. The quantitative estimate of drug-likeness (QED) is 0.743. The van der Waals surface area contributed by atoms with Gasteiger partial charge in [0.05, 0.1) is 7.11 Å². The van der Waals surface area contributed by atoms with Crippen molar-refractivity contribution in [3.8, 4) is 5.75 Å². The molecule has 17 heavy (non-hydrogen) atoms. The van der Waals surface area contributed by atoms with Gasteiger partial charge in [-0.15, -0.1) is 0 Å². The van der Waals surface area contributed by atoms with E-state index in [0.717, 1.165) is 17.6 Å². The predicted molar refractivity (Wildman–Crippen MR) is 70.6 cm³/mol. The molecule has 1 aromatic rings. The van der Waals surface area contributed by atoms with Gasteiger partial charge in [0.2, 0.25) is 0 Å². The Morgan fingerprint density at radius 2 is 2.18 bits per heavy atom. The summed E-state index contributed by atoms with van der Waals surface area (Å²) >= 11 is 0. The standard InChI is InChI=1S/C16H19O/c1-11-13-7-6-12(8-13)9-16(11)14-4-3-5-15(10-14)17-2/h3-5,9-13H,1,6-8H2,2H3. The van der Waals surface area contributed by atoms with Crippen LogP contribution in [0.2, 0.25) is 0 Å². The fourth-order valence-corrected chi connectivity index (χ4v) is 3.31. The Hall–Kier alpha value is -1.24. The summed E-state index contributed by atoms with van der Waals surface area (Å²) in [6.07, 6.45) is 6.50. The van der Waals surface area contributed by atoms with Crippen LogP contribution in [0, 0.1) is 24.7 Å². The van der Waals surface area contributed by atoms with Gasteiger partial charge in [-0.1, -0.05) is 18.2 Å². The molecule has 0 heterocycles. The lowest BCUT2D eigenvalue weighted by Gasteiger charge is -2.27.